The van der Waals surface area contributed by atoms with E-state index in [1.807, 2.05) is 4.90 Å². The van der Waals surface area contributed by atoms with Crippen molar-refractivity contribution in [2.45, 2.75) is 0 Å². The van der Waals surface area contributed by atoms with Gasteiger partial charge in [-0.05, 0) is 18.2 Å². The van der Waals surface area contributed by atoms with Crippen molar-refractivity contribution < 1.29 is 23.8 Å². The number of hydrogen-bond acceptors (Lipinski definition) is 6. The molecule has 0 saturated heterocycles. The number of carbonyl (C=O) groups is 1. The van der Waals surface area contributed by atoms with Crippen molar-refractivity contribution in [1.82, 2.24) is 5.32 Å². The standard InChI is InChI=1S/C15H16N2O5/c18-11-3-4-13-12(10-11)17(7-9-20-13)6-5-16-15(19)22-14-2-1-8-21-14/h1-4,8,10,18H,5-7,9H2,(H,16,19). The highest BCUT2D eigenvalue weighted by Gasteiger charge is 2.18. The van der Waals surface area contributed by atoms with E-state index in [9.17, 15) is 9.90 Å². The second-order valence-corrected chi connectivity index (χ2v) is 4.74. The second-order valence-electron chi connectivity index (χ2n) is 4.74. The molecule has 3 rings (SSSR count). The molecule has 7 nitrogen and oxygen atoms in total. The first-order valence-electron chi connectivity index (χ1n) is 6.92. The van der Waals surface area contributed by atoms with Gasteiger partial charge in [0.2, 0.25) is 0 Å². The molecule has 2 N–H and O–H groups in total. The van der Waals surface area contributed by atoms with Gasteiger partial charge < -0.3 is 29.2 Å². The number of hydrogen-bond donors (Lipinski definition) is 2. The molecule has 0 aliphatic carbocycles. The van der Waals surface area contributed by atoms with Gasteiger partial charge in [0.05, 0.1) is 18.5 Å². The van der Waals surface area contributed by atoms with Crippen LogP contribution >= 0.6 is 0 Å². The number of ether oxygens (including phenoxy) is 2. The highest BCUT2D eigenvalue weighted by Crippen LogP contribution is 2.34. The molecular formula is C15H16N2O5. The summed E-state index contributed by atoms with van der Waals surface area (Å²) in [6, 6.07) is 8.16. The smallest absolute Gasteiger partial charge is 0.415 e. The summed E-state index contributed by atoms with van der Waals surface area (Å²) in [6.45, 7) is 2.22. The Morgan fingerprint density at radius 3 is 3.14 bits per heavy atom. The number of furan rings is 1. The van der Waals surface area contributed by atoms with E-state index in [1.54, 1.807) is 30.3 Å². The van der Waals surface area contributed by atoms with Gasteiger partial charge in [-0.3, -0.25) is 0 Å². The Morgan fingerprint density at radius 2 is 2.32 bits per heavy atom. The highest BCUT2D eigenvalue weighted by molar-refractivity contribution is 5.69. The number of phenols is 1. The van der Waals surface area contributed by atoms with Crippen LogP contribution in [0.5, 0.6) is 17.4 Å². The molecule has 116 valence electrons. The summed E-state index contributed by atoms with van der Waals surface area (Å²) >= 11 is 0. The molecule has 7 heteroatoms. The first-order valence-corrected chi connectivity index (χ1v) is 6.92. The Bertz CT molecular complexity index is 641. The van der Waals surface area contributed by atoms with Crippen LogP contribution in [0.4, 0.5) is 10.5 Å². The Kier molecular flexibility index (Phi) is 4.04. The molecule has 1 aromatic carbocycles. The third-order valence-electron chi connectivity index (χ3n) is 3.24. The average Bonchev–Trinajstić information content (AvgIpc) is 3.00. The average molecular weight is 304 g/mol. The number of fused-ring (bicyclic) bond motifs is 1. The Labute approximate surface area is 127 Å². The topological polar surface area (TPSA) is 84.2 Å². The minimum Gasteiger partial charge on any atom is -0.508 e. The fraction of sp³-hybridized carbons (Fsp3) is 0.267. The first-order chi connectivity index (χ1) is 10.7. The van der Waals surface area contributed by atoms with Gasteiger partial charge in [0.1, 0.15) is 18.1 Å². The number of carbonyl (C=O) groups excluding carboxylic acids is 1. The van der Waals surface area contributed by atoms with E-state index >= 15 is 0 Å². The summed E-state index contributed by atoms with van der Waals surface area (Å²) in [7, 11) is 0. The van der Waals surface area contributed by atoms with Crippen LogP contribution in [0.25, 0.3) is 0 Å². The normalized spacial score (nSPS) is 13.2. The Morgan fingerprint density at radius 1 is 1.41 bits per heavy atom. The number of nitrogens with zero attached hydrogens (tertiary/aromatic N) is 1. The molecule has 1 aromatic heterocycles. The van der Waals surface area contributed by atoms with Gasteiger partial charge in [0.25, 0.3) is 5.95 Å². The molecule has 0 bridgehead atoms. The summed E-state index contributed by atoms with van der Waals surface area (Å²) in [5.41, 5.74) is 0.812. The van der Waals surface area contributed by atoms with Gasteiger partial charge in [-0.25, -0.2) is 4.79 Å². The Hall–Kier alpha value is -2.83. The largest absolute Gasteiger partial charge is 0.508 e. The van der Waals surface area contributed by atoms with E-state index in [-0.39, 0.29) is 11.7 Å². The zero-order valence-corrected chi connectivity index (χ0v) is 11.8. The van der Waals surface area contributed by atoms with Crippen LogP contribution in [0.15, 0.2) is 41.0 Å². The molecule has 0 spiro atoms. The van der Waals surface area contributed by atoms with Crippen molar-refractivity contribution in [3.63, 3.8) is 0 Å². The van der Waals surface area contributed by atoms with Gasteiger partial charge in [-0.1, -0.05) is 0 Å². The highest BCUT2D eigenvalue weighted by atomic mass is 16.6. The minimum atomic E-state index is -0.570. The monoisotopic (exact) mass is 304 g/mol. The van der Waals surface area contributed by atoms with Gasteiger partial charge >= 0.3 is 6.09 Å². The van der Waals surface area contributed by atoms with E-state index in [0.717, 1.165) is 11.4 Å². The van der Waals surface area contributed by atoms with Crippen LogP contribution in [0.1, 0.15) is 0 Å². The predicted octanol–water partition coefficient (Wildman–Crippen LogP) is 1.97. The van der Waals surface area contributed by atoms with Crippen LogP contribution in [-0.4, -0.2) is 37.4 Å². The zero-order valence-electron chi connectivity index (χ0n) is 11.8. The van der Waals surface area contributed by atoms with E-state index in [4.69, 9.17) is 13.9 Å². The van der Waals surface area contributed by atoms with Crippen molar-refractivity contribution in [1.29, 1.82) is 0 Å². The van der Waals surface area contributed by atoms with E-state index in [1.165, 1.54) is 6.26 Å². The lowest BCUT2D eigenvalue weighted by molar-refractivity contribution is 0.187. The van der Waals surface area contributed by atoms with E-state index in [0.29, 0.717) is 26.2 Å². The minimum absolute atomic E-state index is 0.152. The van der Waals surface area contributed by atoms with Crippen molar-refractivity contribution in [2.75, 3.05) is 31.1 Å². The third-order valence-corrected chi connectivity index (χ3v) is 3.24. The fourth-order valence-electron chi connectivity index (χ4n) is 2.24. The summed E-state index contributed by atoms with van der Waals surface area (Å²) in [5, 5.41) is 12.2. The van der Waals surface area contributed by atoms with Crippen molar-refractivity contribution in [2.24, 2.45) is 0 Å². The number of aromatic hydroxyl groups is 1. The number of phenolic OH excluding ortho intramolecular Hbond substituents is 1. The maximum absolute atomic E-state index is 11.6. The molecule has 1 aliphatic heterocycles. The lowest BCUT2D eigenvalue weighted by Gasteiger charge is -2.31. The molecule has 0 saturated carbocycles. The molecule has 0 unspecified atom stereocenters. The molecule has 1 amide bonds. The predicted molar refractivity (Wildman–Crippen MR) is 78.5 cm³/mol. The van der Waals surface area contributed by atoms with Crippen LogP contribution in [0.2, 0.25) is 0 Å². The maximum Gasteiger partial charge on any atom is 0.415 e. The van der Waals surface area contributed by atoms with E-state index in [2.05, 4.69) is 5.32 Å². The van der Waals surface area contributed by atoms with Crippen LogP contribution < -0.4 is 19.7 Å². The summed E-state index contributed by atoms with van der Waals surface area (Å²) in [4.78, 5) is 13.6. The van der Waals surface area contributed by atoms with Crippen molar-refractivity contribution in [3.05, 3.63) is 36.6 Å². The fourth-order valence-corrected chi connectivity index (χ4v) is 2.24. The lowest BCUT2D eigenvalue weighted by Crippen LogP contribution is -2.39. The quantitative estimate of drug-likeness (QED) is 0.898. The SMILES string of the molecule is O=C(NCCN1CCOc2ccc(O)cc21)Oc1ccco1. The van der Waals surface area contributed by atoms with Crippen molar-refractivity contribution in [3.8, 4) is 17.4 Å². The molecule has 0 atom stereocenters. The van der Waals surface area contributed by atoms with Crippen LogP contribution in [-0.2, 0) is 0 Å². The lowest BCUT2D eigenvalue weighted by atomic mass is 10.2. The Balaban J connectivity index is 1.52. The summed E-state index contributed by atoms with van der Waals surface area (Å²) in [6.07, 6.45) is 0.860. The van der Waals surface area contributed by atoms with Crippen LogP contribution in [0.3, 0.4) is 0 Å². The summed E-state index contributed by atoms with van der Waals surface area (Å²) < 4.78 is 15.4. The first kappa shape index (κ1) is 14.1. The molecule has 0 radical (unpaired) electrons. The number of anilines is 1. The molecule has 2 heterocycles. The van der Waals surface area contributed by atoms with E-state index < -0.39 is 6.09 Å². The molecule has 0 fully saturated rings. The number of benzene rings is 1. The zero-order chi connectivity index (χ0) is 15.4. The molecule has 1 aliphatic rings. The molecule has 2 aromatic rings. The maximum atomic E-state index is 11.6. The van der Waals surface area contributed by atoms with Gasteiger partial charge in [-0.2, -0.15) is 0 Å². The van der Waals surface area contributed by atoms with Crippen molar-refractivity contribution >= 4 is 11.8 Å². The molecular weight excluding hydrogens is 288 g/mol. The number of rotatable bonds is 4. The van der Waals surface area contributed by atoms with Gasteiger partial charge in [0, 0.05) is 25.2 Å². The number of amides is 1. The van der Waals surface area contributed by atoms with Gasteiger partial charge in [-0.15, -0.1) is 0 Å². The number of nitrogens with one attached hydrogen (secondary N) is 1. The second kappa shape index (κ2) is 6.30. The summed E-state index contributed by atoms with van der Waals surface area (Å²) in [5.74, 6) is 1.06. The third kappa shape index (κ3) is 3.25. The van der Waals surface area contributed by atoms with Gasteiger partial charge in [0.15, 0.2) is 0 Å². The molecule has 22 heavy (non-hydrogen) atoms. The van der Waals surface area contributed by atoms with Crippen LogP contribution in [0, 0.1) is 0 Å².